The lowest BCUT2D eigenvalue weighted by atomic mass is 10.1. The van der Waals surface area contributed by atoms with Gasteiger partial charge in [0.2, 0.25) is 5.91 Å². The first-order valence-corrected chi connectivity index (χ1v) is 11.2. The van der Waals surface area contributed by atoms with E-state index in [9.17, 15) is 4.79 Å². The summed E-state index contributed by atoms with van der Waals surface area (Å²) < 4.78 is 0. The molecule has 0 saturated heterocycles. The largest absolute Gasteiger partial charge is 0.314 e. The number of hydrogen-bond acceptors (Lipinski definition) is 1. The van der Waals surface area contributed by atoms with Crippen LogP contribution in [0.5, 0.6) is 0 Å². The summed E-state index contributed by atoms with van der Waals surface area (Å²) in [5, 5.41) is 0.615. The molecule has 0 aliphatic carbocycles. The fraction of sp³-hybridized carbons (Fsp3) is 0.550. The molecule has 0 N–H and O–H groups in total. The maximum atomic E-state index is 11.8. The highest BCUT2D eigenvalue weighted by atomic mass is 35.5. The van der Waals surface area contributed by atoms with Crippen LogP contribution in [0.2, 0.25) is 21.6 Å². The Hall–Kier alpha value is -1.24. The minimum Gasteiger partial charge on any atom is -0.314 e. The van der Waals surface area contributed by atoms with E-state index in [1.54, 1.807) is 18.9 Å². The lowest BCUT2D eigenvalue weighted by Gasteiger charge is -2.38. The minimum absolute atomic E-state index is 0.0274. The zero-order valence-corrected chi connectivity index (χ0v) is 18.0. The Morgan fingerprint density at radius 3 is 2.00 bits per heavy atom. The molecule has 2 nitrogen and oxygen atoms in total. The van der Waals surface area contributed by atoms with Crippen LogP contribution in [0.15, 0.2) is 18.2 Å². The Morgan fingerprint density at radius 1 is 1.08 bits per heavy atom. The first-order chi connectivity index (χ1) is 11.0. The van der Waals surface area contributed by atoms with Crippen molar-refractivity contribution < 1.29 is 4.79 Å². The summed E-state index contributed by atoms with van der Waals surface area (Å²) in [6.45, 7) is 15.3. The Kier molecular flexibility index (Phi) is 7.13. The molecule has 1 aromatic rings. The SMILES string of the molecule is CC(=O)N(C)c1cc(Cl)ccc1C#C[Si](C(C)C)(C(C)C)C(C)C. The molecule has 0 unspecified atom stereocenters. The van der Waals surface area contributed by atoms with Gasteiger partial charge in [-0.15, -0.1) is 5.54 Å². The first kappa shape index (κ1) is 20.8. The van der Waals surface area contributed by atoms with Gasteiger partial charge in [0.1, 0.15) is 8.07 Å². The van der Waals surface area contributed by atoms with E-state index in [1.165, 1.54) is 0 Å². The average molecular weight is 364 g/mol. The molecule has 0 aliphatic rings. The third-order valence-corrected chi connectivity index (χ3v) is 11.6. The van der Waals surface area contributed by atoms with Gasteiger partial charge in [-0.3, -0.25) is 4.79 Å². The number of hydrogen-bond donors (Lipinski definition) is 0. The molecular formula is C20H30ClNOSi. The Bertz CT molecular complexity index is 634. The van der Waals surface area contributed by atoms with E-state index in [0.717, 1.165) is 11.3 Å². The second kappa shape index (κ2) is 8.23. The third kappa shape index (κ3) is 4.23. The molecule has 0 aliphatic heterocycles. The molecule has 0 spiro atoms. The highest BCUT2D eigenvalue weighted by Gasteiger charge is 2.41. The molecular weight excluding hydrogens is 334 g/mol. The number of carbonyl (C=O) groups is 1. The van der Waals surface area contributed by atoms with Gasteiger partial charge in [0, 0.05) is 24.6 Å². The minimum atomic E-state index is -1.81. The van der Waals surface area contributed by atoms with Crippen molar-refractivity contribution >= 4 is 31.3 Å². The number of rotatable bonds is 4. The molecule has 1 aromatic carbocycles. The molecule has 0 bridgehead atoms. The molecule has 1 amide bonds. The Balaban J connectivity index is 3.50. The van der Waals surface area contributed by atoms with E-state index in [1.807, 2.05) is 18.2 Å². The van der Waals surface area contributed by atoms with E-state index in [4.69, 9.17) is 11.6 Å². The quantitative estimate of drug-likeness (QED) is 0.482. The van der Waals surface area contributed by atoms with Gasteiger partial charge in [-0.05, 0) is 34.8 Å². The number of nitrogens with zero attached hydrogens (tertiary/aromatic N) is 1. The first-order valence-electron chi connectivity index (χ1n) is 8.61. The monoisotopic (exact) mass is 363 g/mol. The standard InChI is InChI=1S/C20H30ClNOSi/c1-14(2)24(15(3)4,16(5)6)12-11-18-9-10-19(21)13-20(18)22(8)17(7)23/h9-10,13-16H,1-8H3. The second-order valence-electron chi connectivity index (χ2n) is 7.39. The second-order valence-corrected chi connectivity index (χ2v) is 13.4. The van der Waals surface area contributed by atoms with Gasteiger partial charge in [0.05, 0.1) is 5.69 Å². The third-order valence-electron chi connectivity index (χ3n) is 5.07. The van der Waals surface area contributed by atoms with Gasteiger partial charge in [-0.2, -0.15) is 0 Å². The van der Waals surface area contributed by atoms with Crippen LogP contribution >= 0.6 is 11.6 Å². The smallest absolute Gasteiger partial charge is 0.223 e. The predicted octanol–water partition coefficient (Wildman–Crippen LogP) is 5.89. The average Bonchev–Trinajstić information content (AvgIpc) is 2.46. The molecule has 0 fully saturated rings. The van der Waals surface area contributed by atoms with Crippen molar-refractivity contribution in [1.29, 1.82) is 0 Å². The zero-order valence-electron chi connectivity index (χ0n) is 16.2. The van der Waals surface area contributed by atoms with Crippen molar-refractivity contribution in [3.05, 3.63) is 28.8 Å². The molecule has 24 heavy (non-hydrogen) atoms. The predicted molar refractivity (Wildman–Crippen MR) is 108 cm³/mol. The van der Waals surface area contributed by atoms with Gasteiger partial charge in [0.15, 0.2) is 0 Å². The van der Waals surface area contributed by atoms with Crippen LogP contribution < -0.4 is 4.90 Å². The van der Waals surface area contributed by atoms with Crippen LogP contribution in [0.3, 0.4) is 0 Å². The Morgan fingerprint density at radius 2 is 1.58 bits per heavy atom. The fourth-order valence-electron chi connectivity index (χ4n) is 3.67. The van der Waals surface area contributed by atoms with Crippen LogP contribution in [-0.2, 0) is 4.79 Å². The summed E-state index contributed by atoms with van der Waals surface area (Å²) in [7, 11) is -0.0453. The number of benzene rings is 1. The van der Waals surface area contributed by atoms with Crippen molar-refractivity contribution in [3.63, 3.8) is 0 Å². The maximum Gasteiger partial charge on any atom is 0.223 e. The van der Waals surface area contributed by atoms with Crippen molar-refractivity contribution in [2.45, 2.75) is 65.1 Å². The van der Waals surface area contributed by atoms with E-state index < -0.39 is 8.07 Å². The van der Waals surface area contributed by atoms with Gasteiger partial charge in [-0.25, -0.2) is 0 Å². The van der Waals surface area contributed by atoms with Gasteiger partial charge in [-0.1, -0.05) is 59.1 Å². The lowest BCUT2D eigenvalue weighted by Crippen LogP contribution is -2.43. The van der Waals surface area contributed by atoms with Crippen molar-refractivity contribution in [3.8, 4) is 11.5 Å². The normalized spacial score (nSPS) is 11.7. The van der Waals surface area contributed by atoms with Crippen molar-refractivity contribution in [2.24, 2.45) is 0 Å². The number of halogens is 1. The van der Waals surface area contributed by atoms with E-state index in [-0.39, 0.29) is 5.91 Å². The lowest BCUT2D eigenvalue weighted by molar-refractivity contribution is -0.116. The summed E-state index contributed by atoms with van der Waals surface area (Å²) in [4.78, 5) is 13.4. The number of anilines is 1. The van der Waals surface area contributed by atoms with Crippen LogP contribution in [0, 0.1) is 11.5 Å². The number of carbonyl (C=O) groups excluding carboxylic acids is 1. The summed E-state index contributed by atoms with van der Waals surface area (Å²) >= 11 is 6.13. The highest BCUT2D eigenvalue weighted by Crippen LogP contribution is 2.41. The Labute approximate surface area is 153 Å². The van der Waals surface area contributed by atoms with Crippen molar-refractivity contribution in [2.75, 3.05) is 11.9 Å². The zero-order chi connectivity index (χ0) is 18.7. The number of amides is 1. The molecule has 0 atom stereocenters. The summed E-state index contributed by atoms with van der Waals surface area (Å²) in [5.41, 5.74) is 7.09. The van der Waals surface area contributed by atoms with Crippen molar-refractivity contribution in [1.82, 2.24) is 0 Å². The molecule has 1 rings (SSSR count). The van der Waals surface area contributed by atoms with Gasteiger partial charge in [0.25, 0.3) is 0 Å². The van der Waals surface area contributed by atoms with Crippen LogP contribution in [0.1, 0.15) is 54.0 Å². The maximum absolute atomic E-state index is 11.8. The highest BCUT2D eigenvalue weighted by molar-refractivity contribution is 6.90. The molecule has 132 valence electrons. The molecule has 0 heterocycles. The van der Waals surface area contributed by atoms with Gasteiger partial charge >= 0.3 is 0 Å². The van der Waals surface area contributed by atoms with E-state index in [2.05, 4.69) is 53.0 Å². The summed E-state index contributed by atoms with van der Waals surface area (Å²) in [6.07, 6.45) is 0. The summed E-state index contributed by atoms with van der Waals surface area (Å²) in [5.74, 6) is 3.39. The van der Waals surface area contributed by atoms with Gasteiger partial charge < -0.3 is 4.90 Å². The molecule has 0 radical (unpaired) electrons. The molecule has 0 saturated carbocycles. The topological polar surface area (TPSA) is 20.3 Å². The molecule has 4 heteroatoms. The summed E-state index contributed by atoms with van der Waals surface area (Å²) in [6, 6.07) is 5.58. The molecule has 0 aromatic heterocycles. The van der Waals surface area contributed by atoms with Crippen LogP contribution in [0.25, 0.3) is 0 Å². The van der Waals surface area contributed by atoms with E-state index in [0.29, 0.717) is 21.6 Å². The van der Waals surface area contributed by atoms with Crippen LogP contribution in [0.4, 0.5) is 5.69 Å². The van der Waals surface area contributed by atoms with Crippen LogP contribution in [-0.4, -0.2) is 21.0 Å². The fourth-order valence-corrected chi connectivity index (χ4v) is 9.05. The van der Waals surface area contributed by atoms with E-state index >= 15 is 0 Å².